The number of carbonyl (C=O) groups excluding carboxylic acids is 1. The Morgan fingerprint density at radius 2 is 2.18 bits per heavy atom. The summed E-state index contributed by atoms with van der Waals surface area (Å²) < 4.78 is 32.2. The van der Waals surface area contributed by atoms with Gasteiger partial charge in [-0.2, -0.15) is 4.31 Å². The fourth-order valence-electron chi connectivity index (χ4n) is 2.39. The molecule has 1 aliphatic heterocycles. The maximum atomic E-state index is 12.7. The van der Waals surface area contributed by atoms with Gasteiger partial charge in [0.1, 0.15) is 0 Å². The molecule has 1 aliphatic rings. The van der Waals surface area contributed by atoms with Crippen molar-refractivity contribution < 1.29 is 17.9 Å². The molecule has 0 radical (unpaired) electrons. The lowest BCUT2D eigenvalue weighted by molar-refractivity contribution is 0.0526. The van der Waals surface area contributed by atoms with Gasteiger partial charge in [0.2, 0.25) is 10.0 Å². The van der Waals surface area contributed by atoms with Crippen LogP contribution in [0.2, 0.25) is 0 Å². The van der Waals surface area contributed by atoms with Crippen LogP contribution < -0.4 is 5.73 Å². The Morgan fingerprint density at radius 3 is 2.82 bits per heavy atom. The molecule has 0 saturated carbocycles. The second-order valence-electron chi connectivity index (χ2n) is 5.16. The summed E-state index contributed by atoms with van der Waals surface area (Å²) in [5.41, 5.74) is 6.06. The number of ether oxygens (including phenoxy) is 1. The second-order valence-corrected chi connectivity index (χ2v) is 8.02. The number of sulfonamides is 1. The summed E-state index contributed by atoms with van der Waals surface area (Å²) in [6, 6.07) is 4.22. The minimum absolute atomic E-state index is 0.0685. The van der Waals surface area contributed by atoms with Crippen LogP contribution in [-0.2, 0) is 14.8 Å². The van der Waals surface area contributed by atoms with E-state index in [1.165, 1.54) is 16.4 Å². The molecule has 1 unspecified atom stereocenters. The van der Waals surface area contributed by atoms with Gasteiger partial charge in [0.25, 0.3) is 0 Å². The number of piperidine rings is 1. The predicted octanol–water partition coefficient (Wildman–Crippen LogP) is 1.74. The standard InChI is InChI=1S/C14H19BrN2O4S/c1-2-21-14(18)10-6-11(15)8-13(7-10)22(19,20)17-5-3-4-12(16)9-17/h6-8,12H,2-5,9,16H2,1H3. The molecule has 2 rings (SSSR count). The summed E-state index contributed by atoms with van der Waals surface area (Å²) in [5, 5.41) is 0. The monoisotopic (exact) mass is 390 g/mol. The Hall–Kier alpha value is -0.960. The van der Waals surface area contributed by atoms with Crippen LogP contribution in [0.1, 0.15) is 30.1 Å². The summed E-state index contributed by atoms with van der Waals surface area (Å²) >= 11 is 3.25. The van der Waals surface area contributed by atoms with E-state index >= 15 is 0 Å². The van der Waals surface area contributed by atoms with Gasteiger partial charge in [0.15, 0.2) is 0 Å². The number of esters is 1. The number of benzene rings is 1. The van der Waals surface area contributed by atoms with E-state index in [0.29, 0.717) is 17.6 Å². The largest absolute Gasteiger partial charge is 0.462 e. The molecule has 0 aliphatic carbocycles. The van der Waals surface area contributed by atoms with Gasteiger partial charge in [-0.25, -0.2) is 13.2 Å². The highest BCUT2D eigenvalue weighted by Gasteiger charge is 2.29. The lowest BCUT2D eigenvalue weighted by atomic mass is 10.1. The van der Waals surface area contributed by atoms with Crippen molar-refractivity contribution in [3.63, 3.8) is 0 Å². The van der Waals surface area contributed by atoms with Crippen LogP contribution >= 0.6 is 15.9 Å². The molecular weight excluding hydrogens is 372 g/mol. The van der Waals surface area contributed by atoms with Gasteiger partial charge in [0, 0.05) is 23.6 Å². The van der Waals surface area contributed by atoms with E-state index in [0.717, 1.165) is 12.8 Å². The fraction of sp³-hybridized carbons (Fsp3) is 0.500. The molecule has 0 spiro atoms. The van der Waals surface area contributed by atoms with Crippen LogP contribution in [0.5, 0.6) is 0 Å². The molecule has 22 heavy (non-hydrogen) atoms. The first-order chi connectivity index (χ1) is 10.3. The maximum Gasteiger partial charge on any atom is 0.338 e. The molecule has 1 fully saturated rings. The molecule has 1 saturated heterocycles. The summed E-state index contributed by atoms with van der Waals surface area (Å²) in [6.45, 7) is 2.66. The first kappa shape index (κ1) is 17.4. The van der Waals surface area contributed by atoms with E-state index in [1.54, 1.807) is 13.0 Å². The van der Waals surface area contributed by atoms with E-state index in [4.69, 9.17) is 10.5 Å². The highest BCUT2D eigenvalue weighted by atomic mass is 79.9. The Kier molecular flexibility index (Phi) is 5.60. The van der Waals surface area contributed by atoms with E-state index in [1.807, 2.05) is 0 Å². The first-order valence-electron chi connectivity index (χ1n) is 7.08. The van der Waals surface area contributed by atoms with Crippen molar-refractivity contribution in [3.05, 3.63) is 28.2 Å². The zero-order chi connectivity index (χ0) is 16.3. The summed E-state index contributed by atoms with van der Waals surface area (Å²) in [5.74, 6) is -0.546. The van der Waals surface area contributed by atoms with Crippen LogP contribution in [0, 0.1) is 0 Å². The summed E-state index contributed by atoms with van der Waals surface area (Å²) in [7, 11) is -3.67. The van der Waals surface area contributed by atoms with Crippen molar-refractivity contribution >= 4 is 31.9 Å². The van der Waals surface area contributed by atoms with Gasteiger partial charge in [-0.3, -0.25) is 0 Å². The summed E-state index contributed by atoms with van der Waals surface area (Å²) in [6.07, 6.45) is 1.55. The zero-order valence-corrected chi connectivity index (χ0v) is 14.7. The highest BCUT2D eigenvalue weighted by Crippen LogP contribution is 2.25. The second kappa shape index (κ2) is 7.08. The van der Waals surface area contributed by atoms with Crippen molar-refractivity contribution in [2.45, 2.75) is 30.7 Å². The zero-order valence-electron chi connectivity index (χ0n) is 12.3. The van der Waals surface area contributed by atoms with Crippen LogP contribution in [0.3, 0.4) is 0 Å². The van der Waals surface area contributed by atoms with Gasteiger partial charge in [-0.1, -0.05) is 15.9 Å². The van der Waals surface area contributed by atoms with E-state index in [2.05, 4.69) is 15.9 Å². The van der Waals surface area contributed by atoms with Crippen molar-refractivity contribution in [1.29, 1.82) is 0 Å². The first-order valence-corrected chi connectivity index (χ1v) is 9.31. The number of nitrogens with zero attached hydrogens (tertiary/aromatic N) is 1. The lowest BCUT2D eigenvalue weighted by Crippen LogP contribution is -2.45. The molecule has 122 valence electrons. The smallest absolute Gasteiger partial charge is 0.338 e. The van der Waals surface area contributed by atoms with Crippen LogP contribution in [0.4, 0.5) is 0 Å². The Balaban J connectivity index is 2.36. The molecule has 6 nitrogen and oxygen atoms in total. The third-order valence-electron chi connectivity index (χ3n) is 3.44. The number of carbonyl (C=O) groups is 1. The molecule has 1 aromatic carbocycles. The molecule has 1 heterocycles. The van der Waals surface area contributed by atoms with Crippen molar-refractivity contribution in [3.8, 4) is 0 Å². The van der Waals surface area contributed by atoms with Gasteiger partial charge in [-0.05, 0) is 38.0 Å². The summed E-state index contributed by atoms with van der Waals surface area (Å²) in [4.78, 5) is 11.9. The minimum atomic E-state index is -3.67. The Labute approximate surface area is 138 Å². The quantitative estimate of drug-likeness (QED) is 0.790. The molecular formula is C14H19BrN2O4S. The third-order valence-corrected chi connectivity index (χ3v) is 5.74. The SMILES string of the molecule is CCOC(=O)c1cc(Br)cc(S(=O)(=O)N2CCCC(N)C2)c1. The number of hydrogen-bond donors (Lipinski definition) is 1. The molecule has 0 aromatic heterocycles. The molecule has 0 bridgehead atoms. The van der Waals surface area contributed by atoms with Crippen molar-refractivity contribution in [2.75, 3.05) is 19.7 Å². The van der Waals surface area contributed by atoms with Crippen molar-refractivity contribution in [1.82, 2.24) is 4.31 Å². The third kappa shape index (κ3) is 3.87. The van der Waals surface area contributed by atoms with Crippen LogP contribution in [0.15, 0.2) is 27.6 Å². The number of hydrogen-bond acceptors (Lipinski definition) is 5. The number of halogens is 1. The molecule has 0 amide bonds. The van der Waals surface area contributed by atoms with Gasteiger partial charge in [-0.15, -0.1) is 0 Å². The minimum Gasteiger partial charge on any atom is -0.462 e. The Morgan fingerprint density at radius 1 is 1.45 bits per heavy atom. The van der Waals surface area contributed by atoms with Crippen LogP contribution in [-0.4, -0.2) is 44.4 Å². The normalized spacial score (nSPS) is 19.9. The van der Waals surface area contributed by atoms with Crippen molar-refractivity contribution in [2.24, 2.45) is 5.73 Å². The predicted molar refractivity (Wildman–Crippen MR) is 86.1 cm³/mol. The molecule has 1 atom stereocenters. The van der Waals surface area contributed by atoms with Gasteiger partial charge >= 0.3 is 5.97 Å². The van der Waals surface area contributed by atoms with Gasteiger partial charge < -0.3 is 10.5 Å². The lowest BCUT2D eigenvalue weighted by Gasteiger charge is -2.30. The molecule has 8 heteroatoms. The van der Waals surface area contributed by atoms with Crippen LogP contribution in [0.25, 0.3) is 0 Å². The molecule has 2 N–H and O–H groups in total. The highest BCUT2D eigenvalue weighted by molar-refractivity contribution is 9.10. The Bertz CT molecular complexity index is 663. The topological polar surface area (TPSA) is 89.7 Å². The fourth-order valence-corrected chi connectivity index (χ4v) is 4.64. The van der Waals surface area contributed by atoms with Gasteiger partial charge in [0.05, 0.1) is 17.1 Å². The van der Waals surface area contributed by atoms with E-state index in [9.17, 15) is 13.2 Å². The maximum absolute atomic E-state index is 12.7. The average Bonchev–Trinajstić information content (AvgIpc) is 2.47. The number of nitrogens with two attached hydrogens (primary N) is 1. The molecule has 1 aromatic rings. The van der Waals surface area contributed by atoms with E-state index in [-0.39, 0.29) is 23.1 Å². The number of rotatable bonds is 4. The van der Waals surface area contributed by atoms with E-state index < -0.39 is 16.0 Å². The average molecular weight is 391 g/mol.